The molecular weight excluding hydrogens is 302 g/mol. The van der Waals surface area contributed by atoms with Crippen LogP contribution < -0.4 is 14.8 Å². The van der Waals surface area contributed by atoms with E-state index in [1.807, 2.05) is 36.4 Å². The van der Waals surface area contributed by atoms with E-state index >= 15 is 0 Å². The molecule has 0 saturated carbocycles. The lowest BCUT2D eigenvalue weighted by molar-refractivity contribution is 0.162. The maximum atomic E-state index is 10.1. The number of benzene rings is 2. The average Bonchev–Trinajstić information content (AvgIpc) is 2.64. The first-order valence-corrected chi connectivity index (χ1v) is 8.36. The van der Waals surface area contributed by atoms with E-state index in [1.165, 1.54) is 5.56 Å². The van der Waals surface area contributed by atoms with E-state index in [2.05, 4.69) is 17.4 Å². The van der Waals surface area contributed by atoms with Crippen LogP contribution in [-0.4, -0.2) is 38.5 Å². The average molecular weight is 329 g/mol. The van der Waals surface area contributed by atoms with Gasteiger partial charge in [0, 0.05) is 6.54 Å². The highest BCUT2D eigenvalue weighted by molar-refractivity contribution is 5.40. The van der Waals surface area contributed by atoms with Crippen LogP contribution in [0.4, 0.5) is 0 Å². The van der Waals surface area contributed by atoms with Gasteiger partial charge in [0.1, 0.15) is 11.5 Å². The smallest absolute Gasteiger partial charge is 0.122 e. The Labute approximate surface area is 144 Å². The predicted molar refractivity (Wildman–Crippen MR) is 96.9 cm³/mol. The van der Waals surface area contributed by atoms with Crippen molar-refractivity contribution in [3.8, 4) is 11.5 Å². The molecule has 2 aromatic rings. The molecule has 2 N–H and O–H groups in total. The van der Waals surface area contributed by atoms with Gasteiger partial charge in [-0.2, -0.15) is 0 Å². The minimum Gasteiger partial charge on any atom is -0.497 e. The lowest BCUT2D eigenvalue weighted by Gasteiger charge is -2.13. The number of aliphatic hydroxyl groups is 1. The van der Waals surface area contributed by atoms with E-state index in [0.29, 0.717) is 6.54 Å². The molecule has 0 radical (unpaired) electrons. The van der Waals surface area contributed by atoms with Crippen molar-refractivity contribution >= 4 is 0 Å². The first-order valence-electron chi connectivity index (χ1n) is 8.36. The van der Waals surface area contributed by atoms with Gasteiger partial charge in [-0.15, -0.1) is 0 Å². The largest absolute Gasteiger partial charge is 0.497 e. The van der Waals surface area contributed by atoms with E-state index in [0.717, 1.165) is 42.9 Å². The second kappa shape index (κ2) is 9.96. The summed E-state index contributed by atoms with van der Waals surface area (Å²) in [5.74, 6) is 1.69. The van der Waals surface area contributed by atoms with Gasteiger partial charge in [0.25, 0.3) is 0 Å². The molecule has 1 atom stereocenters. The van der Waals surface area contributed by atoms with Crippen molar-refractivity contribution in [3.05, 3.63) is 59.7 Å². The molecule has 4 nitrogen and oxygen atoms in total. The lowest BCUT2D eigenvalue weighted by atomic mass is 10.1. The molecule has 0 saturated heterocycles. The maximum Gasteiger partial charge on any atom is 0.122 e. The molecule has 2 aromatic carbocycles. The van der Waals surface area contributed by atoms with Gasteiger partial charge >= 0.3 is 0 Å². The summed E-state index contributed by atoms with van der Waals surface area (Å²) in [5.41, 5.74) is 2.36. The molecule has 0 heterocycles. The number of hydrogen-bond donors (Lipinski definition) is 2. The fourth-order valence-corrected chi connectivity index (χ4v) is 2.65. The van der Waals surface area contributed by atoms with Crippen LogP contribution in [0.2, 0.25) is 0 Å². The minimum atomic E-state index is -0.336. The number of aryl methyl sites for hydroxylation is 1. The van der Waals surface area contributed by atoms with Crippen molar-refractivity contribution in [2.24, 2.45) is 0 Å². The second-order valence-electron chi connectivity index (χ2n) is 5.81. The SMILES string of the molecule is COc1ccc(OC)c(CCNCC(O)CCc2ccccc2)c1. The third-order valence-electron chi connectivity index (χ3n) is 4.05. The quantitative estimate of drug-likeness (QED) is 0.658. The first kappa shape index (κ1) is 18.3. The number of ether oxygens (including phenoxy) is 2. The molecule has 0 aromatic heterocycles. The monoisotopic (exact) mass is 329 g/mol. The van der Waals surface area contributed by atoms with Crippen molar-refractivity contribution in [3.63, 3.8) is 0 Å². The third kappa shape index (κ3) is 5.87. The normalized spacial score (nSPS) is 12.0. The molecule has 0 spiro atoms. The molecule has 0 bridgehead atoms. The second-order valence-corrected chi connectivity index (χ2v) is 5.81. The van der Waals surface area contributed by atoms with Gasteiger partial charge in [0.2, 0.25) is 0 Å². The highest BCUT2D eigenvalue weighted by Crippen LogP contribution is 2.24. The van der Waals surface area contributed by atoms with Gasteiger partial charge in [-0.05, 0) is 55.1 Å². The molecular formula is C20H27NO3. The van der Waals surface area contributed by atoms with Crippen LogP contribution in [-0.2, 0) is 12.8 Å². The van der Waals surface area contributed by atoms with Crippen LogP contribution in [0.15, 0.2) is 48.5 Å². The number of nitrogens with one attached hydrogen (secondary N) is 1. The lowest BCUT2D eigenvalue weighted by Crippen LogP contribution is -2.28. The van der Waals surface area contributed by atoms with Gasteiger partial charge < -0.3 is 19.9 Å². The summed E-state index contributed by atoms with van der Waals surface area (Å²) in [6.07, 6.45) is 2.15. The molecule has 0 aliphatic heterocycles. The Kier molecular flexibility index (Phi) is 7.59. The Bertz CT molecular complexity index is 601. The van der Waals surface area contributed by atoms with E-state index in [1.54, 1.807) is 14.2 Å². The first-order chi connectivity index (χ1) is 11.7. The topological polar surface area (TPSA) is 50.7 Å². The summed E-state index contributed by atoms with van der Waals surface area (Å²) in [6, 6.07) is 16.1. The predicted octanol–water partition coefficient (Wildman–Crippen LogP) is 2.83. The van der Waals surface area contributed by atoms with Gasteiger partial charge in [0.05, 0.1) is 20.3 Å². The molecule has 0 aliphatic carbocycles. The molecule has 130 valence electrons. The molecule has 0 amide bonds. The van der Waals surface area contributed by atoms with Crippen molar-refractivity contribution in [2.45, 2.75) is 25.4 Å². The number of methoxy groups -OCH3 is 2. The summed E-state index contributed by atoms with van der Waals surface area (Å²) < 4.78 is 10.6. The summed E-state index contributed by atoms with van der Waals surface area (Å²) >= 11 is 0. The zero-order chi connectivity index (χ0) is 17.2. The van der Waals surface area contributed by atoms with Gasteiger partial charge in [-0.25, -0.2) is 0 Å². The molecule has 0 aliphatic rings. The summed E-state index contributed by atoms with van der Waals surface area (Å²) in [4.78, 5) is 0. The van der Waals surface area contributed by atoms with Crippen molar-refractivity contribution in [1.29, 1.82) is 0 Å². The van der Waals surface area contributed by atoms with Crippen LogP contribution in [0.3, 0.4) is 0 Å². The molecule has 4 heteroatoms. The highest BCUT2D eigenvalue weighted by atomic mass is 16.5. The summed E-state index contributed by atoms with van der Waals surface area (Å²) in [5, 5.41) is 13.4. The van der Waals surface area contributed by atoms with Gasteiger partial charge in [-0.3, -0.25) is 0 Å². The van der Waals surface area contributed by atoms with Crippen LogP contribution in [0.25, 0.3) is 0 Å². The molecule has 24 heavy (non-hydrogen) atoms. The number of rotatable bonds is 10. The Morgan fingerprint density at radius 1 is 1.00 bits per heavy atom. The van der Waals surface area contributed by atoms with E-state index in [9.17, 15) is 5.11 Å². The fraction of sp³-hybridized carbons (Fsp3) is 0.400. The van der Waals surface area contributed by atoms with Crippen LogP contribution in [0, 0.1) is 0 Å². The standard InChI is InChI=1S/C20H27NO3/c1-23-19-10-11-20(24-2)17(14-19)12-13-21-15-18(22)9-8-16-6-4-3-5-7-16/h3-7,10-11,14,18,21-22H,8-9,12-13,15H2,1-2H3. The fourth-order valence-electron chi connectivity index (χ4n) is 2.65. The Morgan fingerprint density at radius 3 is 2.50 bits per heavy atom. The van der Waals surface area contributed by atoms with Crippen molar-refractivity contribution in [1.82, 2.24) is 5.32 Å². The van der Waals surface area contributed by atoms with Gasteiger partial charge in [0.15, 0.2) is 0 Å². The van der Waals surface area contributed by atoms with Crippen LogP contribution in [0.5, 0.6) is 11.5 Å². The minimum absolute atomic E-state index is 0.336. The summed E-state index contributed by atoms with van der Waals surface area (Å²) in [7, 11) is 3.33. The van der Waals surface area contributed by atoms with E-state index in [4.69, 9.17) is 9.47 Å². The van der Waals surface area contributed by atoms with Crippen LogP contribution in [0.1, 0.15) is 17.5 Å². The molecule has 2 rings (SSSR count). The highest BCUT2D eigenvalue weighted by Gasteiger charge is 2.07. The number of aliphatic hydroxyl groups excluding tert-OH is 1. The van der Waals surface area contributed by atoms with Crippen molar-refractivity contribution in [2.75, 3.05) is 27.3 Å². The Hall–Kier alpha value is -2.04. The van der Waals surface area contributed by atoms with E-state index < -0.39 is 0 Å². The van der Waals surface area contributed by atoms with E-state index in [-0.39, 0.29) is 6.10 Å². The van der Waals surface area contributed by atoms with Crippen LogP contribution >= 0.6 is 0 Å². The Morgan fingerprint density at radius 2 is 1.79 bits per heavy atom. The molecule has 1 unspecified atom stereocenters. The zero-order valence-corrected chi connectivity index (χ0v) is 14.5. The zero-order valence-electron chi connectivity index (χ0n) is 14.5. The number of hydrogen-bond acceptors (Lipinski definition) is 4. The molecule has 0 fully saturated rings. The third-order valence-corrected chi connectivity index (χ3v) is 4.05. The van der Waals surface area contributed by atoms with Gasteiger partial charge in [-0.1, -0.05) is 30.3 Å². The van der Waals surface area contributed by atoms with Crippen molar-refractivity contribution < 1.29 is 14.6 Å². The Balaban J connectivity index is 1.70. The maximum absolute atomic E-state index is 10.1. The summed E-state index contributed by atoms with van der Waals surface area (Å²) in [6.45, 7) is 1.38.